The number of benzene rings is 1. The lowest BCUT2D eigenvalue weighted by Gasteiger charge is -2.42. The highest BCUT2D eigenvalue weighted by Gasteiger charge is 2.53. The Labute approximate surface area is 207 Å². The van der Waals surface area contributed by atoms with Crippen molar-refractivity contribution in [1.29, 1.82) is 0 Å². The smallest absolute Gasteiger partial charge is 0.409 e. The summed E-state index contributed by atoms with van der Waals surface area (Å²) in [6, 6.07) is 7.76. The van der Waals surface area contributed by atoms with E-state index >= 15 is 0 Å². The number of hydrogen-bond donors (Lipinski definition) is 1. The molecule has 1 N–H and O–H groups in total. The number of nitrogens with zero attached hydrogens (tertiary/aromatic N) is 1. The van der Waals surface area contributed by atoms with E-state index in [0.717, 1.165) is 24.0 Å². The van der Waals surface area contributed by atoms with Crippen molar-refractivity contribution in [2.75, 3.05) is 20.2 Å². The number of nitrogens with one attached hydrogen (secondary N) is 1. The molecule has 0 unspecified atom stereocenters. The van der Waals surface area contributed by atoms with Crippen molar-refractivity contribution in [3.8, 4) is 11.8 Å². The van der Waals surface area contributed by atoms with Crippen LogP contribution in [0.1, 0.15) is 64.0 Å². The molecule has 3 atom stereocenters. The van der Waals surface area contributed by atoms with E-state index in [4.69, 9.17) is 14.2 Å². The topological polar surface area (TPSA) is 94.2 Å². The van der Waals surface area contributed by atoms with Gasteiger partial charge in [-0.25, -0.2) is 9.59 Å². The molecule has 8 nitrogen and oxygen atoms in total. The van der Waals surface area contributed by atoms with Crippen LogP contribution in [0, 0.1) is 24.7 Å². The van der Waals surface area contributed by atoms with Gasteiger partial charge in [0.15, 0.2) is 5.60 Å². The molecular weight excluding hydrogens is 448 g/mol. The van der Waals surface area contributed by atoms with Crippen LogP contribution in [-0.4, -0.2) is 60.5 Å². The van der Waals surface area contributed by atoms with Crippen molar-refractivity contribution in [3.63, 3.8) is 0 Å². The SMILES string of the molecule is COC(=O)N1CC[C@@H]2[C@H]1CCC[C@]2(C#Cc1cccc(C)c1)OC(=O)CCNC(=O)OC(C)(C)C. The number of hydrogen-bond acceptors (Lipinski definition) is 6. The molecule has 2 aliphatic rings. The maximum atomic E-state index is 12.9. The summed E-state index contributed by atoms with van der Waals surface area (Å²) in [4.78, 5) is 38.9. The fourth-order valence-corrected chi connectivity index (χ4v) is 4.90. The summed E-state index contributed by atoms with van der Waals surface area (Å²) in [5.41, 5.74) is 0.302. The number of fused-ring (bicyclic) bond motifs is 1. The zero-order valence-corrected chi connectivity index (χ0v) is 21.3. The predicted molar refractivity (Wildman–Crippen MR) is 131 cm³/mol. The van der Waals surface area contributed by atoms with E-state index in [0.29, 0.717) is 19.4 Å². The first-order valence-electron chi connectivity index (χ1n) is 12.2. The Kier molecular flexibility index (Phi) is 8.31. The molecule has 2 fully saturated rings. The average Bonchev–Trinajstić information content (AvgIpc) is 3.22. The molecule has 35 heavy (non-hydrogen) atoms. The molecule has 2 amide bonds. The van der Waals surface area contributed by atoms with Crippen LogP contribution in [0.25, 0.3) is 0 Å². The first-order chi connectivity index (χ1) is 16.5. The number of amides is 2. The molecule has 0 bridgehead atoms. The maximum Gasteiger partial charge on any atom is 0.409 e. The summed E-state index contributed by atoms with van der Waals surface area (Å²) < 4.78 is 16.3. The summed E-state index contributed by atoms with van der Waals surface area (Å²) in [5, 5.41) is 2.59. The second-order valence-corrected chi connectivity index (χ2v) is 10.2. The zero-order chi connectivity index (χ0) is 25.6. The number of likely N-dealkylation sites (tertiary alicyclic amines) is 1. The van der Waals surface area contributed by atoms with Gasteiger partial charge in [-0.2, -0.15) is 0 Å². The van der Waals surface area contributed by atoms with E-state index in [1.807, 2.05) is 31.2 Å². The predicted octanol–water partition coefficient (Wildman–Crippen LogP) is 4.18. The lowest BCUT2D eigenvalue weighted by atomic mass is 9.72. The van der Waals surface area contributed by atoms with Crippen LogP contribution >= 0.6 is 0 Å². The van der Waals surface area contributed by atoms with E-state index in [2.05, 4.69) is 17.2 Å². The molecular formula is C27H36N2O6. The van der Waals surface area contributed by atoms with E-state index < -0.39 is 23.3 Å². The Morgan fingerprint density at radius 1 is 1.23 bits per heavy atom. The van der Waals surface area contributed by atoms with Crippen LogP contribution in [0.4, 0.5) is 9.59 Å². The number of carbonyl (C=O) groups excluding carboxylic acids is 3. The standard InChI is InChI=1S/C27H36N2O6/c1-19-8-6-9-20(18-19)11-15-27(34-23(30)12-16-28-24(31)35-26(2,3)4)14-7-10-22-21(27)13-17-29(22)25(32)33-5/h6,8-9,18,21-22H,7,10,12-14,16-17H2,1-5H3,(H,28,31)/t21-,22-,27-/m1/s1. The van der Waals surface area contributed by atoms with Crippen LogP contribution in [-0.2, 0) is 19.0 Å². The molecule has 1 aliphatic heterocycles. The molecule has 1 aromatic carbocycles. The molecule has 0 spiro atoms. The Morgan fingerprint density at radius 2 is 2.00 bits per heavy atom. The van der Waals surface area contributed by atoms with Gasteiger partial charge < -0.3 is 24.4 Å². The van der Waals surface area contributed by atoms with Crippen LogP contribution in [0.5, 0.6) is 0 Å². The Balaban J connectivity index is 1.78. The highest BCUT2D eigenvalue weighted by atomic mass is 16.6. The summed E-state index contributed by atoms with van der Waals surface area (Å²) in [6.07, 6.45) is 1.88. The highest BCUT2D eigenvalue weighted by Crippen LogP contribution is 2.45. The van der Waals surface area contributed by atoms with Crippen molar-refractivity contribution in [2.45, 2.75) is 77.0 Å². The monoisotopic (exact) mass is 484 g/mol. The van der Waals surface area contributed by atoms with Crippen LogP contribution in [0.2, 0.25) is 0 Å². The normalized spacial score (nSPS) is 23.4. The van der Waals surface area contributed by atoms with Gasteiger partial charge in [0.05, 0.1) is 13.5 Å². The molecule has 1 heterocycles. The van der Waals surface area contributed by atoms with E-state index in [1.165, 1.54) is 7.11 Å². The minimum atomic E-state index is -1.02. The van der Waals surface area contributed by atoms with Gasteiger partial charge in [0, 0.05) is 30.6 Å². The van der Waals surface area contributed by atoms with Crippen molar-refractivity contribution >= 4 is 18.2 Å². The number of methoxy groups -OCH3 is 1. The zero-order valence-electron chi connectivity index (χ0n) is 21.3. The lowest BCUT2D eigenvalue weighted by Crippen LogP contribution is -2.52. The third kappa shape index (κ3) is 6.91. The molecule has 1 saturated carbocycles. The quantitative estimate of drug-likeness (QED) is 0.391. The molecule has 1 saturated heterocycles. The largest absolute Gasteiger partial charge is 0.453 e. The van der Waals surface area contributed by atoms with Crippen molar-refractivity contribution in [1.82, 2.24) is 10.2 Å². The Bertz CT molecular complexity index is 1000. The van der Waals surface area contributed by atoms with Crippen molar-refractivity contribution in [2.24, 2.45) is 5.92 Å². The van der Waals surface area contributed by atoms with Gasteiger partial charge in [-0.1, -0.05) is 18.1 Å². The van der Waals surface area contributed by atoms with E-state index in [9.17, 15) is 14.4 Å². The highest BCUT2D eigenvalue weighted by molar-refractivity contribution is 5.73. The fourth-order valence-electron chi connectivity index (χ4n) is 4.90. The molecule has 1 aliphatic carbocycles. The van der Waals surface area contributed by atoms with E-state index in [1.54, 1.807) is 25.7 Å². The maximum absolute atomic E-state index is 12.9. The molecule has 1 aromatic rings. The van der Waals surface area contributed by atoms with Gasteiger partial charge in [0.1, 0.15) is 5.60 Å². The van der Waals surface area contributed by atoms with Gasteiger partial charge in [0.2, 0.25) is 0 Å². The van der Waals surface area contributed by atoms with E-state index in [-0.39, 0.29) is 31.0 Å². The first-order valence-corrected chi connectivity index (χ1v) is 12.2. The summed E-state index contributed by atoms with van der Waals surface area (Å²) >= 11 is 0. The van der Waals surface area contributed by atoms with Gasteiger partial charge in [-0.05, 0) is 77.0 Å². The van der Waals surface area contributed by atoms with Crippen molar-refractivity contribution < 1.29 is 28.6 Å². The molecule has 0 radical (unpaired) electrons. The first kappa shape index (κ1) is 26.4. The lowest BCUT2D eigenvalue weighted by molar-refractivity contribution is -0.162. The van der Waals surface area contributed by atoms with Gasteiger partial charge in [-0.15, -0.1) is 0 Å². The molecule has 8 heteroatoms. The summed E-state index contributed by atoms with van der Waals surface area (Å²) in [7, 11) is 1.38. The number of esters is 1. The third-order valence-corrected chi connectivity index (χ3v) is 6.33. The number of alkyl carbamates (subject to hydrolysis) is 1. The average molecular weight is 485 g/mol. The van der Waals surface area contributed by atoms with Crippen LogP contribution < -0.4 is 5.32 Å². The second-order valence-electron chi connectivity index (χ2n) is 10.2. The number of carbonyl (C=O) groups is 3. The number of aryl methyl sites for hydroxylation is 1. The van der Waals surface area contributed by atoms with Crippen LogP contribution in [0.3, 0.4) is 0 Å². The molecule has 3 rings (SSSR count). The fraction of sp³-hybridized carbons (Fsp3) is 0.593. The molecule has 0 aromatic heterocycles. The number of ether oxygens (including phenoxy) is 3. The van der Waals surface area contributed by atoms with Crippen LogP contribution in [0.15, 0.2) is 24.3 Å². The van der Waals surface area contributed by atoms with Gasteiger partial charge >= 0.3 is 18.2 Å². The van der Waals surface area contributed by atoms with Crippen molar-refractivity contribution in [3.05, 3.63) is 35.4 Å². The summed E-state index contributed by atoms with van der Waals surface area (Å²) in [5.74, 6) is 5.96. The van der Waals surface area contributed by atoms with Gasteiger partial charge in [0.25, 0.3) is 0 Å². The minimum absolute atomic E-state index is 0.00871. The third-order valence-electron chi connectivity index (χ3n) is 6.33. The summed E-state index contributed by atoms with van der Waals surface area (Å²) in [6.45, 7) is 7.95. The Hall–Kier alpha value is -3.21. The minimum Gasteiger partial charge on any atom is -0.453 e. The Morgan fingerprint density at radius 3 is 2.69 bits per heavy atom. The van der Waals surface area contributed by atoms with Gasteiger partial charge in [-0.3, -0.25) is 4.79 Å². The molecule has 190 valence electrons. The number of rotatable bonds is 4. The second kappa shape index (κ2) is 11.0.